The second-order valence-corrected chi connectivity index (χ2v) is 7.96. The summed E-state index contributed by atoms with van der Waals surface area (Å²) in [4.78, 5) is 31.0. The quantitative estimate of drug-likeness (QED) is 0.635. The highest BCUT2D eigenvalue weighted by atomic mass is 32.1. The second-order valence-electron chi connectivity index (χ2n) is 6.95. The van der Waals surface area contributed by atoms with Crippen molar-refractivity contribution in [3.63, 3.8) is 0 Å². The highest BCUT2D eigenvalue weighted by molar-refractivity contribution is 7.07. The summed E-state index contributed by atoms with van der Waals surface area (Å²) in [5.74, 6) is -0.883. The summed E-state index contributed by atoms with van der Waals surface area (Å²) in [5, 5.41) is 9.68. The Morgan fingerprint density at radius 2 is 2.03 bits per heavy atom. The number of aromatic hydroxyl groups is 1. The first-order valence-corrected chi connectivity index (χ1v) is 10.4. The summed E-state index contributed by atoms with van der Waals surface area (Å²) >= 11 is 1.17. The van der Waals surface area contributed by atoms with E-state index in [1.807, 2.05) is 0 Å². The van der Waals surface area contributed by atoms with Crippen LogP contribution in [0.1, 0.15) is 31.0 Å². The van der Waals surface area contributed by atoms with Gasteiger partial charge in [0.25, 0.3) is 5.56 Å². The summed E-state index contributed by atoms with van der Waals surface area (Å²) in [5.41, 5.74) is 1.55. The van der Waals surface area contributed by atoms with Crippen molar-refractivity contribution in [2.24, 2.45) is 4.99 Å². The van der Waals surface area contributed by atoms with E-state index in [-0.39, 0.29) is 23.5 Å². The number of aromatic nitrogens is 1. The molecule has 0 fully saturated rings. The lowest BCUT2D eigenvalue weighted by molar-refractivity contribution is -0.139. The molecule has 3 aromatic rings. The lowest BCUT2D eigenvalue weighted by Crippen LogP contribution is -2.39. The first-order chi connectivity index (χ1) is 14.9. The van der Waals surface area contributed by atoms with Crippen LogP contribution < -0.4 is 14.9 Å². The molecule has 0 saturated carbocycles. The molecule has 4 rings (SSSR count). The molecule has 1 aliphatic rings. The standard InChI is InChI=1S/C23H19FN2O4S/c1-3-30-22(29)19-13(2)25-23-26(20(19)15-7-9-17(27)10-8-15)21(28)18(31-23)12-14-5-4-6-16(24)11-14/h4-12,20,27H,3H2,1-2H3/b18-12+. The number of thiazole rings is 1. The summed E-state index contributed by atoms with van der Waals surface area (Å²) in [6.45, 7) is 3.59. The number of fused-ring (bicyclic) bond motifs is 1. The van der Waals surface area contributed by atoms with E-state index in [9.17, 15) is 19.1 Å². The van der Waals surface area contributed by atoms with E-state index < -0.39 is 17.8 Å². The third kappa shape index (κ3) is 3.94. The van der Waals surface area contributed by atoms with Crippen molar-refractivity contribution in [2.45, 2.75) is 19.9 Å². The maximum absolute atomic E-state index is 13.6. The predicted molar refractivity (Wildman–Crippen MR) is 115 cm³/mol. The van der Waals surface area contributed by atoms with Gasteiger partial charge in [0, 0.05) is 0 Å². The van der Waals surface area contributed by atoms with Gasteiger partial charge in [-0.3, -0.25) is 9.36 Å². The lowest BCUT2D eigenvalue weighted by Gasteiger charge is -2.24. The Bertz CT molecular complexity index is 1370. The maximum atomic E-state index is 13.6. The van der Waals surface area contributed by atoms with Gasteiger partial charge in [0.2, 0.25) is 0 Å². The zero-order chi connectivity index (χ0) is 22.1. The molecular weight excluding hydrogens is 419 g/mol. The molecule has 1 aromatic heterocycles. The van der Waals surface area contributed by atoms with Gasteiger partial charge in [-0.1, -0.05) is 35.6 Å². The van der Waals surface area contributed by atoms with Crippen LogP contribution in [0, 0.1) is 5.82 Å². The van der Waals surface area contributed by atoms with Gasteiger partial charge in [-0.25, -0.2) is 14.2 Å². The zero-order valence-corrected chi connectivity index (χ0v) is 17.6. The molecule has 2 heterocycles. The molecule has 158 valence electrons. The Balaban J connectivity index is 1.96. The number of allylic oxidation sites excluding steroid dienone is 1. The van der Waals surface area contributed by atoms with Gasteiger partial charge in [0.05, 0.1) is 28.5 Å². The van der Waals surface area contributed by atoms with Gasteiger partial charge in [0.15, 0.2) is 4.80 Å². The van der Waals surface area contributed by atoms with Gasteiger partial charge in [0.1, 0.15) is 11.6 Å². The minimum Gasteiger partial charge on any atom is -0.508 e. The number of esters is 1. The molecule has 0 spiro atoms. The van der Waals surface area contributed by atoms with E-state index in [2.05, 4.69) is 4.99 Å². The van der Waals surface area contributed by atoms with E-state index in [4.69, 9.17) is 4.74 Å². The molecule has 1 unspecified atom stereocenters. The average molecular weight is 438 g/mol. The predicted octanol–water partition coefficient (Wildman–Crippen LogP) is 2.64. The van der Waals surface area contributed by atoms with Crippen LogP contribution in [0.2, 0.25) is 0 Å². The Kier molecular flexibility index (Phi) is 5.56. The molecule has 8 heteroatoms. The van der Waals surface area contributed by atoms with Crippen molar-refractivity contribution in [3.8, 4) is 5.75 Å². The Hall–Kier alpha value is -3.52. The second kappa shape index (κ2) is 8.31. The van der Waals surface area contributed by atoms with Crippen molar-refractivity contribution in [3.05, 3.63) is 96.4 Å². The highest BCUT2D eigenvalue weighted by Crippen LogP contribution is 2.31. The summed E-state index contributed by atoms with van der Waals surface area (Å²) in [6, 6.07) is 11.5. The van der Waals surface area contributed by atoms with E-state index in [0.29, 0.717) is 26.2 Å². The van der Waals surface area contributed by atoms with Crippen LogP contribution in [0.3, 0.4) is 0 Å². The SMILES string of the molecule is CCOC(=O)C1=C(C)N=c2s/c(=C/c3cccc(F)c3)c(=O)n2C1c1ccc(O)cc1. The number of rotatable bonds is 4. The maximum Gasteiger partial charge on any atom is 0.338 e. The molecule has 31 heavy (non-hydrogen) atoms. The normalized spacial score (nSPS) is 16.1. The number of benzene rings is 2. The minimum absolute atomic E-state index is 0.0700. The largest absolute Gasteiger partial charge is 0.508 e. The molecule has 0 saturated heterocycles. The van der Waals surface area contributed by atoms with E-state index in [0.717, 1.165) is 0 Å². The van der Waals surface area contributed by atoms with Gasteiger partial charge < -0.3 is 9.84 Å². The topological polar surface area (TPSA) is 80.9 Å². The van der Waals surface area contributed by atoms with Crippen molar-refractivity contribution in [1.29, 1.82) is 0 Å². The van der Waals surface area contributed by atoms with Crippen LogP contribution in [-0.2, 0) is 9.53 Å². The highest BCUT2D eigenvalue weighted by Gasteiger charge is 2.33. The van der Waals surface area contributed by atoms with Crippen molar-refractivity contribution in [2.75, 3.05) is 6.61 Å². The molecular formula is C23H19FN2O4S. The molecule has 0 bridgehead atoms. The summed E-state index contributed by atoms with van der Waals surface area (Å²) in [6.07, 6.45) is 1.60. The van der Waals surface area contributed by atoms with Gasteiger partial charge >= 0.3 is 5.97 Å². The van der Waals surface area contributed by atoms with Crippen molar-refractivity contribution >= 4 is 23.4 Å². The van der Waals surface area contributed by atoms with Crippen LogP contribution in [0.5, 0.6) is 5.75 Å². The molecule has 0 amide bonds. The van der Waals surface area contributed by atoms with Crippen LogP contribution in [0.4, 0.5) is 4.39 Å². The van der Waals surface area contributed by atoms with E-state index >= 15 is 0 Å². The molecule has 6 nitrogen and oxygen atoms in total. The van der Waals surface area contributed by atoms with Gasteiger partial charge in [-0.15, -0.1) is 0 Å². The molecule has 1 N–H and O–H groups in total. The van der Waals surface area contributed by atoms with Crippen LogP contribution in [0.25, 0.3) is 6.08 Å². The zero-order valence-electron chi connectivity index (χ0n) is 16.8. The number of phenols is 1. The lowest BCUT2D eigenvalue weighted by atomic mass is 9.96. The molecule has 1 atom stereocenters. The average Bonchev–Trinajstić information content (AvgIpc) is 3.02. The number of carbonyl (C=O) groups is 1. The summed E-state index contributed by atoms with van der Waals surface area (Å²) < 4.78 is 20.6. The number of phenolic OH excluding ortho intramolecular Hbond substituents is 1. The van der Waals surface area contributed by atoms with Gasteiger partial charge in [-0.05, 0) is 55.3 Å². The third-order valence-electron chi connectivity index (χ3n) is 4.87. The number of ether oxygens (including phenoxy) is 1. The third-order valence-corrected chi connectivity index (χ3v) is 5.86. The number of nitrogens with zero attached hydrogens (tertiary/aromatic N) is 2. The first kappa shape index (κ1) is 20.7. The van der Waals surface area contributed by atoms with Gasteiger partial charge in [-0.2, -0.15) is 0 Å². The number of hydrogen-bond donors (Lipinski definition) is 1. The Morgan fingerprint density at radius 1 is 1.29 bits per heavy atom. The van der Waals surface area contributed by atoms with Crippen LogP contribution >= 0.6 is 11.3 Å². The van der Waals surface area contributed by atoms with E-state index in [1.54, 1.807) is 44.2 Å². The first-order valence-electron chi connectivity index (χ1n) is 9.63. The fourth-order valence-electron chi connectivity index (χ4n) is 3.51. The minimum atomic E-state index is -0.759. The van der Waals surface area contributed by atoms with Crippen molar-refractivity contribution < 1.29 is 19.0 Å². The number of hydrogen-bond acceptors (Lipinski definition) is 6. The Morgan fingerprint density at radius 3 is 2.71 bits per heavy atom. The van der Waals surface area contributed by atoms with Crippen LogP contribution in [-0.4, -0.2) is 22.2 Å². The fourth-order valence-corrected chi connectivity index (χ4v) is 4.56. The fraction of sp³-hybridized carbons (Fsp3) is 0.174. The smallest absolute Gasteiger partial charge is 0.338 e. The monoisotopic (exact) mass is 438 g/mol. The molecule has 0 radical (unpaired) electrons. The Labute approximate surface area is 180 Å². The van der Waals surface area contributed by atoms with E-state index in [1.165, 1.54) is 40.2 Å². The summed E-state index contributed by atoms with van der Waals surface area (Å²) in [7, 11) is 0. The van der Waals surface area contributed by atoms with Crippen LogP contribution in [0.15, 0.2) is 69.6 Å². The number of carbonyl (C=O) groups excluding carboxylic acids is 1. The van der Waals surface area contributed by atoms with Crippen molar-refractivity contribution in [1.82, 2.24) is 4.57 Å². The molecule has 0 aliphatic carbocycles. The molecule has 1 aliphatic heterocycles. The number of halogens is 1. The molecule has 2 aromatic carbocycles.